The molecule has 0 radical (unpaired) electrons. The van der Waals surface area contributed by atoms with Gasteiger partial charge in [-0.05, 0) is 57.2 Å². The summed E-state index contributed by atoms with van der Waals surface area (Å²) in [4.78, 5) is 18.8. The van der Waals surface area contributed by atoms with Crippen LogP contribution in [-0.4, -0.2) is 42.9 Å². The quantitative estimate of drug-likeness (QED) is 0.506. The molecular formula is C22H25N3O. The lowest BCUT2D eigenvalue weighted by molar-refractivity contribution is 0.101. The lowest BCUT2D eigenvalue weighted by Gasteiger charge is -2.15. The van der Waals surface area contributed by atoms with E-state index in [4.69, 9.17) is 0 Å². The summed E-state index contributed by atoms with van der Waals surface area (Å²) in [5.74, 6) is 0.0274. The molecule has 0 spiro atoms. The maximum atomic E-state index is 12.1. The summed E-state index contributed by atoms with van der Waals surface area (Å²) in [5.41, 5.74) is 4.70. The highest BCUT2D eigenvalue weighted by Gasteiger charge is 2.13. The van der Waals surface area contributed by atoms with Gasteiger partial charge in [-0.2, -0.15) is 0 Å². The van der Waals surface area contributed by atoms with Gasteiger partial charge in [-0.25, -0.2) is 0 Å². The number of nitrogens with zero attached hydrogens (tertiary/aromatic N) is 2. The van der Waals surface area contributed by atoms with Crippen molar-refractivity contribution < 1.29 is 4.79 Å². The van der Waals surface area contributed by atoms with E-state index in [-0.39, 0.29) is 5.78 Å². The number of fused-ring (bicyclic) bond motifs is 1. The Labute approximate surface area is 154 Å². The highest BCUT2D eigenvalue weighted by atomic mass is 16.1. The normalized spacial score (nSPS) is 11.1. The Morgan fingerprint density at radius 1 is 1.08 bits per heavy atom. The van der Waals surface area contributed by atoms with Crippen molar-refractivity contribution >= 4 is 22.4 Å². The molecule has 0 aliphatic carbocycles. The highest BCUT2D eigenvalue weighted by molar-refractivity contribution is 6.07. The third-order valence-electron chi connectivity index (χ3n) is 4.44. The van der Waals surface area contributed by atoms with Crippen LogP contribution in [-0.2, 0) is 0 Å². The van der Waals surface area contributed by atoms with Gasteiger partial charge in [0.15, 0.2) is 5.78 Å². The van der Waals surface area contributed by atoms with E-state index in [1.165, 1.54) is 0 Å². The molecule has 0 unspecified atom stereocenters. The minimum absolute atomic E-state index is 0.0274. The molecule has 134 valence electrons. The van der Waals surface area contributed by atoms with Gasteiger partial charge in [0.1, 0.15) is 0 Å². The van der Waals surface area contributed by atoms with E-state index in [0.29, 0.717) is 5.56 Å². The number of hydrogen-bond donors (Lipinski definition) is 1. The van der Waals surface area contributed by atoms with E-state index in [9.17, 15) is 4.79 Å². The predicted molar refractivity (Wildman–Crippen MR) is 109 cm³/mol. The van der Waals surface area contributed by atoms with Crippen molar-refractivity contribution in [2.45, 2.75) is 13.3 Å². The molecule has 0 bridgehead atoms. The third kappa shape index (κ3) is 4.09. The molecule has 0 saturated heterocycles. The first-order chi connectivity index (χ1) is 12.6. The van der Waals surface area contributed by atoms with Crippen LogP contribution in [0.2, 0.25) is 0 Å². The minimum atomic E-state index is 0.0274. The lowest BCUT2D eigenvalue weighted by Crippen LogP contribution is -2.17. The number of anilines is 1. The second-order valence-electron chi connectivity index (χ2n) is 6.78. The van der Waals surface area contributed by atoms with Crippen LogP contribution in [0.5, 0.6) is 0 Å². The summed E-state index contributed by atoms with van der Waals surface area (Å²) >= 11 is 0. The number of aromatic nitrogens is 1. The molecule has 3 aromatic rings. The van der Waals surface area contributed by atoms with Crippen LogP contribution in [0, 0.1) is 0 Å². The van der Waals surface area contributed by atoms with Crippen LogP contribution in [0.3, 0.4) is 0 Å². The number of benzene rings is 2. The van der Waals surface area contributed by atoms with Gasteiger partial charge in [0.2, 0.25) is 0 Å². The zero-order valence-electron chi connectivity index (χ0n) is 15.6. The van der Waals surface area contributed by atoms with Crippen LogP contribution in [0.25, 0.3) is 22.0 Å². The van der Waals surface area contributed by atoms with Gasteiger partial charge in [0.25, 0.3) is 0 Å². The van der Waals surface area contributed by atoms with E-state index in [0.717, 1.165) is 47.2 Å². The molecule has 1 heterocycles. The summed E-state index contributed by atoms with van der Waals surface area (Å²) in [6.07, 6.45) is 2.69. The number of ketones is 1. The van der Waals surface area contributed by atoms with E-state index in [1.807, 2.05) is 24.3 Å². The maximum Gasteiger partial charge on any atom is 0.163 e. The van der Waals surface area contributed by atoms with Gasteiger partial charge in [-0.15, -0.1) is 0 Å². The van der Waals surface area contributed by atoms with E-state index < -0.39 is 0 Å². The first-order valence-corrected chi connectivity index (χ1v) is 8.94. The number of pyridine rings is 1. The highest BCUT2D eigenvalue weighted by Crippen LogP contribution is 2.30. The van der Waals surface area contributed by atoms with Crippen LogP contribution in [0.4, 0.5) is 5.69 Å². The molecule has 1 aromatic heterocycles. The van der Waals surface area contributed by atoms with E-state index in [2.05, 4.69) is 53.6 Å². The molecule has 3 rings (SSSR count). The predicted octanol–water partition coefficient (Wildman–Crippen LogP) is 4.47. The monoisotopic (exact) mass is 347 g/mol. The molecule has 1 N–H and O–H groups in total. The standard InChI is InChI=1S/C22H25N3O/c1-16(26)20-15-24-21-11-10-18(17-8-5-4-6-9-17)14-19(21)22(20)23-12-7-13-25(2)3/h4-6,8-11,14-15H,7,12-13H2,1-3H3,(H,23,24). The molecule has 0 amide bonds. The number of carbonyl (C=O) groups is 1. The minimum Gasteiger partial charge on any atom is -0.384 e. The van der Waals surface area contributed by atoms with Gasteiger partial charge >= 0.3 is 0 Å². The summed E-state index contributed by atoms with van der Waals surface area (Å²) in [6.45, 7) is 3.41. The van der Waals surface area contributed by atoms with Crippen LogP contribution >= 0.6 is 0 Å². The molecular weight excluding hydrogens is 322 g/mol. The lowest BCUT2D eigenvalue weighted by atomic mass is 10.0. The maximum absolute atomic E-state index is 12.1. The average molecular weight is 347 g/mol. The Balaban J connectivity index is 2.02. The molecule has 4 heteroatoms. The van der Waals surface area contributed by atoms with Crippen LogP contribution in [0.1, 0.15) is 23.7 Å². The number of Topliss-reactive ketones (excluding diaryl/α,β-unsaturated/α-hetero) is 1. The molecule has 2 aromatic carbocycles. The van der Waals surface area contributed by atoms with Crippen molar-refractivity contribution in [3.63, 3.8) is 0 Å². The molecule has 0 fully saturated rings. The third-order valence-corrected chi connectivity index (χ3v) is 4.44. The zero-order chi connectivity index (χ0) is 18.5. The number of carbonyl (C=O) groups excluding carboxylic acids is 1. The van der Waals surface area contributed by atoms with Crippen molar-refractivity contribution in [3.05, 3.63) is 60.3 Å². The first kappa shape index (κ1) is 18.1. The van der Waals surface area contributed by atoms with Crippen molar-refractivity contribution in [2.24, 2.45) is 0 Å². The van der Waals surface area contributed by atoms with Crippen LogP contribution in [0.15, 0.2) is 54.7 Å². The van der Waals surface area contributed by atoms with Gasteiger partial charge in [0.05, 0.1) is 16.8 Å². The smallest absolute Gasteiger partial charge is 0.163 e. The number of rotatable bonds is 7. The van der Waals surface area contributed by atoms with E-state index >= 15 is 0 Å². The largest absolute Gasteiger partial charge is 0.384 e. The number of hydrogen-bond acceptors (Lipinski definition) is 4. The summed E-state index contributed by atoms with van der Waals surface area (Å²) in [6, 6.07) is 16.5. The van der Waals surface area contributed by atoms with Gasteiger partial charge < -0.3 is 10.2 Å². The molecule has 0 saturated carbocycles. The van der Waals surface area contributed by atoms with Gasteiger partial charge in [0, 0.05) is 18.1 Å². The second-order valence-corrected chi connectivity index (χ2v) is 6.78. The van der Waals surface area contributed by atoms with Crippen molar-refractivity contribution in [2.75, 3.05) is 32.5 Å². The SMILES string of the molecule is CC(=O)c1cnc2ccc(-c3ccccc3)cc2c1NCCCN(C)C. The van der Waals surface area contributed by atoms with Gasteiger partial charge in [-0.3, -0.25) is 9.78 Å². The number of nitrogens with one attached hydrogen (secondary N) is 1. The zero-order valence-corrected chi connectivity index (χ0v) is 15.6. The molecule has 0 aliphatic heterocycles. The Morgan fingerprint density at radius 3 is 2.54 bits per heavy atom. The molecule has 0 atom stereocenters. The Bertz CT molecular complexity index is 904. The first-order valence-electron chi connectivity index (χ1n) is 8.94. The Morgan fingerprint density at radius 2 is 1.85 bits per heavy atom. The van der Waals surface area contributed by atoms with E-state index in [1.54, 1.807) is 13.1 Å². The van der Waals surface area contributed by atoms with Crippen molar-refractivity contribution in [3.8, 4) is 11.1 Å². The summed E-state index contributed by atoms with van der Waals surface area (Å²) in [7, 11) is 4.13. The topological polar surface area (TPSA) is 45.2 Å². The van der Waals surface area contributed by atoms with Crippen molar-refractivity contribution in [1.29, 1.82) is 0 Å². The fraction of sp³-hybridized carbons (Fsp3) is 0.273. The fourth-order valence-electron chi connectivity index (χ4n) is 3.07. The molecule has 4 nitrogen and oxygen atoms in total. The summed E-state index contributed by atoms with van der Waals surface area (Å²) in [5, 5.41) is 4.47. The molecule has 26 heavy (non-hydrogen) atoms. The second kappa shape index (κ2) is 8.11. The summed E-state index contributed by atoms with van der Waals surface area (Å²) < 4.78 is 0. The Hall–Kier alpha value is -2.72. The average Bonchev–Trinajstić information content (AvgIpc) is 2.65. The Kier molecular flexibility index (Phi) is 5.64. The van der Waals surface area contributed by atoms with Gasteiger partial charge in [-0.1, -0.05) is 36.4 Å². The molecule has 0 aliphatic rings. The van der Waals surface area contributed by atoms with Crippen molar-refractivity contribution in [1.82, 2.24) is 9.88 Å². The fourth-order valence-corrected chi connectivity index (χ4v) is 3.07. The van der Waals surface area contributed by atoms with Crippen LogP contribution < -0.4 is 5.32 Å².